The SMILES string of the molecule is COc1ccc2cc(/C=C/C(=O)[C]3[CH][CH][CH][CH]3)c(Cl)nc2c1.[CH]1[CH][CH][CH][CH]1.[Fe+2]. The Morgan fingerprint density at radius 3 is 2.25 bits per heavy atom. The van der Waals surface area contributed by atoms with Crippen molar-refractivity contribution in [2.45, 2.75) is 0 Å². The van der Waals surface area contributed by atoms with Crippen molar-refractivity contribution in [2.24, 2.45) is 0 Å². The molecule has 2 aliphatic carbocycles. The monoisotopic (exact) mass is 431 g/mol. The summed E-state index contributed by atoms with van der Waals surface area (Å²) in [5.74, 6) is 1.33. The number of hydrogen-bond acceptors (Lipinski definition) is 3. The van der Waals surface area contributed by atoms with E-state index in [4.69, 9.17) is 16.3 Å². The summed E-state index contributed by atoms with van der Waals surface area (Å²) in [6, 6.07) is 7.50. The van der Waals surface area contributed by atoms with E-state index in [1.807, 2.05) is 69.2 Å². The normalized spacial score (nSPS) is 16.6. The Kier molecular flexibility index (Phi) is 9.50. The van der Waals surface area contributed by atoms with Gasteiger partial charge in [0.1, 0.15) is 10.9 Å². The zero-order valence-corrected chi connectivity index (χ0v) is 17.0. The van der Waals surface area contributed by atoms with Crippen LogP contribution < -0.4 is 4.74 Å². The Labute approximate surface area is 183 Å². The fraction of sp³-hybridized carbons (Fsp3) is 0.0435. The summed E-state index contributed by atoms with van der Waals surface area (Å²) >= 11 is 6.19. The van der Waals surface area contributed by atoms with Crippen LogP contribution >= 0.6 is 11.6 Å². The largest absolute Gasteiger partial charge is 2.00 e. The van der Waals surface area contributed by atoms with Gasteiger partial charge in [-0.25, -0.2) is 4.98 Å². The average molecular weight is 432 g/mol. The molecule has 1 aromatic heterocycles. The number of pyridine rings is 1. The Morgan fingerprint density at radius 2 is 1.64 bits per heavy atom. The van der Waals surface area contributed by atoms with E-state index >= 15 is 0 Å². The third-order valence-electron chi connectivity index (χ3n) is 3.92. The Hall–Kier alpha value is -1.35. The number of benzene rings is 1. The van der Waals surface area contributed by atoms with Crippen LogP contribution in [0.15, 0.2) is 30.3 Å². The predicted octanol–water partition coefficient (Wildman–Crippen LogP) is 4.90. The molecule has 28 heavy (non-hydrogen) atoms. The molecular weight excluding hydrogens is 414 g/mol. The van der Waals surface area contributed by atoms with Crippen molar-refractivity contribution in [1.82, 2.24) is 4.98 Å². The number of ketones is 1. The van der Waals surface area contributed by atoms with E-state index in [-0.39, 0.29) is 22.9 Å². The summed E-state index contributed by atoms with van der Waals surface area (Å²) in [5, 5.41) is 1.29. The summed E-state index contributed by atoms with van der Waals surface area (Å²) in [5.41, 5.74) is 1.46. The second kappa shape index (κ2) is 11.6. The molecule has 0 bridgehead atoms. The van der Waals surface area contributed by atoms with Gasteiger partial charge in [-0.1, -0.05) is 11.6 Å². The number of nitrogens with zero attached hydrogens (tertiary/aromatic N) is 1. The van der Waals surface area contributed by atoms with Gasteiger partial charge in [-0.05, 0) is 88.1 Å². The third kappa shape index (κ3) is 6.34. The average Bonchev–Trinajstić information content (AvgIpc) is 3.42. The van der Waals surface area contributed by atoms with Crippen LogP contribution in [0, 0.1) is 63.7 Å². The molecule has 0 amide bonds. The third-order valence-corrected chi connectivity index (χ3v) is 4.23. The van der Waals surface area contributed by atoms with Gasteiger partial charge in [0.2, 0.25) is 0 Å². The van der Waals surface area contributed by atoms with Crippen LogP contribution in [0.4, 0.5) is 0 Å². The van der Waals surface area contributed by atoms with Crippen LogP contribution in [0.1, 0.15) is 5.56 Å². The van der Waals surface area contributed by atoms with Crippen molar-refractivity contribution < 1.29 is 26.6 Å². The fourth-order valence-electron chi connectivity index (χ4n) is 2.50. The summed E-state index contributed by atoms with van der Waals surface area (Å²) in [6.07, 6.45) is 20.4. The van der Waals surface area contributed by atoms with Crippen molar-refractivity contribution in [3.05, 3.63) is 105 Å². The number of hydrogen-bond donors (Lipinski definition) is 0. The molecule has 5 heteroatoms. The summed E-state index contributed by atoms with van der Waals surface area (Å²) in [4.78, 5) is 16.3. The molecule has 4 rings (SSSR count). The van der Waals surface area contributed by atoms with Crippen LogP contribution in [0.3, 0.4) is 0 Å². The van der Waals surface area contributed by atoms with Gasteiger partial charge in [0.15, 0.2) is 5.78 Å². The molecule has 2 fully saturated rings. The summed E-state index contributed by atoms with van der Waals surface area (Å²) in [7, 11) is 1.61. The molecule has 0 N–H and O–H groups in total. The molecule has 10 radical (unpaired) electrons. The van der Waals surface area contributed by atoms with E-state index in [1.165, 1.54) is 6.08 Å². The van der Waals surface area contributed by atoms with Crippen LogP contribution in [0.5, 0.6) is 5.75 Å². The zero-order chi connectivity index (χ0) is 19.1. The molecule has 3 nitrogen and oxygen atoms in total. The van der Waals surface area contributed by atoms with E-state index in [9.17, 15) is 4.79 Å². The number of carbonyl (C=O) groups excluding carboxylic acids is 1. The molecule has 0 spiro atoms. The van der Waals surface area contributed by atoms with Gasteiger partial charge in [-0.2, -0.15) is 0 Å². The predicted molar refractivity (Wildman–Crippen MR) is 109 cm³/mol. The van der Waals surface area contributed by atoms with Crippen LogP contribution in [0.25, 0.3) is 17.0 Å². The van der Waals surface area contributed by atoms with Crippen molar-refractivity contribution in [2.75, 3.05) is 7.11 Å². The number of rotatable bonds is 4. The molecule has 0 unspecified atom stereocenters. The molecule has 0 atom stereocenters. The molecule has 2 aliphatic rings. The second-order valence-corrected chi connectivity index (χ2v) is 6.12. The van der Waals surface area contributed by atoms with E-state index in [0.717, 1.165) is 16.7 Å². The Balaban J connectivity index is 0.000000408. The van der Waals surface area contributed by atoms with Crippen molar-refractivity contribution >= 4 is 34.4 Å². The maximum atomic E-state index is 12.0. The van der Waals surface area contributed by atoms with Gasteiger partial charge in [-0.15, -0.1) is 0 Å². The molecule has 0 aliphatic heterocycles. The molecule has 140 valence electrons. The molecular formula is C23H18ClFeNO2+2. The van der Waals surface area contributed by atoms with E-state index in [2.05, 4.69) is 4.98 Å². The summed E-state index contributed by atoms with van der Waals surface area (Å²) in [6.45, 7) is 0. The van der Waals surface area contributed by atoms with Gasteiger partial charge >= 0.3 is 17.1 Å². The van der Waals surface area contributed by atoms with Crippen LogP contribution in [0.2, 0.25) is 5.15 Å². The first-order chi connectivity index (χ1) is 13.2. The molecule has 2 aromatic rings. The number of carbonyl (C=O) groups is 1. The number of aromatic nitrogens is 1. The first kappa shape index (κ1) is 22.9. The Bertz CT molecular complexity index is 804. The standard InChI is InChI=1S/C18H13ClNO2.C5H5.Fe/c1-22-15-8-6-13-10-14(18(19)20-16(13)11-15)7-9-17(21)12-4-2-3-5-12;1-2-4-5-3-1;/h2-11H,1H3;1-5H;/q;;+2/b9-7+;;. The fourth-order valence-corrected chi connectivity index (χ4v) is 2.71. The first-order valence-corrected chi connectivity index (χ1v) is 8.80. The van der Waals surface area contributed by atoms with Crippen LogP contribution in [-0.2, 0) is 21.9 Å². The summed E-state index contributed by atoms with van der Waals surface area (Å²) < 4.78 is 5.17. The first-order valence-electron chi connectivity index (χ1n) is 8.42. The van der Waals surface area contributed by atoms with Crippen molar-refractivity contribution in [1.29, 1.82) is 0 Å². The van der Waals surface area contributed by atoms with Crippen LogP contribution in [-0.4, -0.2) is 17.9 Å². The number of allylic oxidation sites excluding steroid dienone is 1. The number of halogens is 1. The number of ether oxygens (including phenoxy) is 1. The van der Waals surface area contributed by atoms with Gasteiger partial charge < -0.3 is 4.74 Å². The topological polar surface area (TPSA) is 39.2 Å². The Morgan fingerprint density at radius 1 is 1.00 bits per heavy atom. The quantitative estimate of drug-likeness (QED) is 0.392. The minimum Gasteiger partial charge on any atom is -0.497 e. The van der Waals surface area contributed by atoms with E-state index in [0.29, 0.717) is 16.6 Å². The van der Waals surface area contributed by atoms with Crippen molar-refractivity contribution in [3.8, 4) is 5.75 Å². The van der Waals surface area contributed by atoms with E-state index in [1.54, 1.807) is 26.0 Å². The maximum Gasteiger partial charge on any atom is 2.00 e. The van der Waals surface area contributed by atoms with Crippen molar-refractivity contribution in [3.63, 3.8) is 0 Å². The van der Waals surface area contributed by atoms with Gasteiger partial charge in [0, 0.05) is 17.0 Å². The molecule has 1 heterocycles. The molecule has 1 aromatic carbocycles. The zero-order valence-electron chi connectivity index (χ0n) is 15.2. The minimum atomic E-state index is -0.0594. The number of methoxy groups -OCH3 is 1. The van der Waals surface area contributed by atoms with Gasteiger partial charge in [-0.3, -0.25) is 4.79 Å². The molecule has 0 saturated heterocycles. The van der Waals surface area contributed by atoms with Gasteiger partial charge in [0.05, 0.1) is 18.5 Å². The smallest absolute Gasteiger partial charge is 0.497 e. The van der Waals surface area contributed by atoms with Gasteiger partial charge in [0.25, 0.3) is 0 Å². The molecule has 2 saturated carbocycles. The number of fused-ring (bicyclic) bond motifs is 1. The minimum absolute atomic E-state index is 0. The van der Waals surface area contributed by atoms with E-state index < -0.39 is 0 Å². The maximum absolute atomic E-state index is 12.0. The second-order valence-electron chi connectivity index (χ2n) is 5.76.